The van der Waals surface area contributed by atoms with Crippen LogP contribution in [-0.4, -0.2) is 78.7 Å². The van der Waals surface area contributed by atoms with Gasteiger partial charge in [-0.2, -0.15) is 23.5 Å². The Morgan fingerprint density at radius 2 is 1.95 bits per heavy atom. The van der Waals surface area contributed by atoms with E-state index in [1.807, 2.05) is 28.5 Å². The first kappa shape index (κ1) is 27.3. The van der Waals surface area contributed by atoms with E-state index in [0.29, 0.717) is 38.2 Å². The number of hydrogen-bond donors (Lipinski definition) is 1. The van der Waals surface area contributed by atoms with Crippen molar-refractivity contribution in [2.75, 3.05) is 37.7 Å². The standard InChI is InChI=1S/C27H26F3N7O3/c28-27(29,30)24-20(16-33-35-26(24)39)34-25-19-4-2-1-3-18(19)13-21(25)40-12-7-23(38)37-10-8-36(9-11-37)22-6-5-17(14-31)15-32-22/h1-6,15-16,21,24-25H,7-13H2,(H,35,39)/t21-,24?,25-/m0/s1. The highest BCUT2D eigenvalue weighted by molar-refractivity contribution is 6.37. The molecule has 1 fully saturated rings. The van der Waals surface area contributed by atoms with Gasteiger partial charge in [0.15, 0.2) is 5.92 Å². The second-order valence-corrected chi connectivity index (χ2v) is 9.65. The number of aromatic nitrogens is 1. The summed E-state index contributed by atoms with van der Waals surface area (Å²) < 4.78 is 46.9. The minimum Gasteiger partial charge on any atom is -0.375 e. The lowest BCUT2D eigenvalue weighted by Crippen LogP contribution is -2.49. The molecule has 2 aliphatic heterocycles. The van der Waals surface area contributed by atoms with Crippen LogP contribution in [0.25, 0.3) is 0 Å². The van der Waals surface area contributed by atoms with Crippen LogP contribution in [-0.2, 0) is 20.7 Å². The second-order valence-electron chi connectivity index (χ2n) is 9.65. The summed E-state index contributed by atoms with van der Waals surface area (Å²) in [6, 6.07) is 12.0. The number of hydrazone groups is 1. The topological polar surface area (TPSA) is 123 Å². The number of anilines is 1. The summed E-state index contributed by atoms with van der Waals surface area (Å²) in [6.45, 7) is 2.28. The number of nitrogens with zero attached hydrogens (tertiary/aromatic N) is 6. The number of ether oxygens (including phenoxy) is 1. The van der Waals surface area contributed by atoms with E-state index in [4.69, 9.17) is 10.00 Å². The van der Waals surface area contributed by atoms with Gasteiger partial charge in [0.1, 0.15) is 17.9 Å². The van der Waals surface area contributed by atoms with E-state index in [2.05, 4.69) is 15.1 Å². The van der Waals surface area contributed by atoms with Gasteiger partial charge in [0, 0.05) is 38.8 Å². The number of fused-ring (bicyclic) bond motifs is 1. The largest absolute Gasteiger partial charge is 0.406 e. The lowest BCUT2D eigenvalue weighted by atomic mass is 10.00. The molecule has 40 heavy (non-hydrogen) atoms. The van der Waals surface area contributed by atoms with Crippen LogP contribution in [0.1, 0.15) is 29.2 Å². The van der Waals surface area contributed by atoms with Gasteiger partial charge in [-0.25, -0.2) is 10.4 Å². The molecule has 1 aromatic carbocycles. The number of alkyl halides is 3. The van der Waals surface area contributed by atoms with Gasteiger partial charge in [-0.1, -0.05) is 24.3 Å². The number of amides is 2. The fourth-order valence-electron chi connectivity index (χ4n) is 5.14. The Morgan fingerprint density at radius 1 is 1.18 bits per heavy atom. The fourth-order valence-corrected chi connectivity index (χ4v) is 5.14. The Labute approximate surface area is 228 Å². The molecule has 5 rings (SSSR count). The van der Waals surface area contributed by atoms with Gasteiger partial charge < -0.3 is 14.5 Å². The zero-order valence-electron chi connectivity index (χ0n) is 21.3. The monoisotopic (exact) mass is 553 g/mol. The van der Waals surface area contributed by atoms with Crippen LogP contribution >= 0.6 is 0 Å². The number of halogens is 3. The zero-order chi connectivity index (χ0) is 28.3. The summed E-state index contributed by atoms with van der Waals surface area (Å²) in [4.78, 5) is 37.2. The van der Waals surface area contributed by atoms with Crippen molar-refractivity contribution in [3.05, 3.63) is 59.3 Å². The molecular weight excluding hydrogens is 527 g/mol. The van der Waals surface area contributed by atoms with E-state index >= 15 is 0 Å². The third kappa shape index (κ3) is 5.81. The molecule has 13 heteroatoms. The van der Waals surface area contributed by atoms with E-state index in [-0.39, 0.29) is 18.9 Å². The molecule has 10 nitrogen and oxygen atoms in total. The summed E-state index contributed by atoms with van der Waals surface area (Å²) in [5.41, 5.74) is 3.47. The molecule has 2 aromatic rings. The van der Waals surface area contributed by atoms with Crippen molar-refractivity contribution >= 4 is 29.6 Å². The van der Waals surface area contributed by atoms with E-state index < -0.39 is 35.9 Å². The predicted molar refractivity (Wildman–Crippen MR) is 139 cm³/mol. The van der Waals surface area contributed by atoms with Crippen molar-refractivity contribution in [3.8, 4) is 6.07 Å². The van der Waals surface area contributed by atoms with Gasteiger partial charge in [0.25, 0.3) is 5.91 Å². The lowest BCUT2D eigenvalue weighted by Gasteiger charge is -2.35. The smallest absolute Gasteiger partial charge is 0.375 e. The molecule has 2 amide bonds. The predicted octanol–water partition coefficient (Wildman–Crippen LogP) is 2.41. The van der Waals surface area contributed by atoms with Crippen molar-refractivity contribution in [2.24, 2.45) is 16.0 Å². The molecule has 3 aliphatic rings. The van der Waals surface area contributed by atoms with E-state index in [0.717, 1.165) is 23.2 Å². The average Bonchev–Trinajstić information content (AvgIpc) is 3.29. The van der Waals surface area contributed by atoms with Gasteiger partial charge in [-0.3, -0.25) is 14.6 Å². The summed E-state index contributed by atoms with van der Waals surface area (Å²) in [5.74, 6) is -3.04. The first-order valence-electron chi connectivity index (χ1n) is 12.8. The Bertz CT molecular complexity index is 1360. The highest BCUT2D eigenvalue weighted by atomic mass is 19.4. The maximum absolute atomic E-state index is 13.6. The van der Waals surface area contributed by atoms with Crippen LogP contribution in [0.4, 0.5) is 19.0 Å². The first-order chi connectivity index (χ1) is 19.2. The summed E-state index contributed by atoms with van der Waals surface area (Å²) in [5, 5.41) is 12.5. The van der Waals surface area contributed by atoms with Crippen LogP contribution in [0.15, 0.2) is 52.7 Å². The number of piperazine rings is 1. The summed E-state index contributed by atoms with van der Waals surface area (Å²) in [6.07, 6.45) is -2.44. The Morgan fingerprint density at radius 3 is 2.65 bits per heavy atom. The molecule has 0 saturated carbocycles. The van der Waals surface area contributed by atoms with Gasteiger partial charge in [-0.05, 0) is 23.3 Å². The highest BCUT2D eigenvalue weighted by Gasteiger charge is 2.50. The van der Waals surface area contributed by atoms with Gasteiger partial charge >= 0.3 is 6.18 Å². The number of carbonyl (C=O) groups is 2. The second kappa shape index (κ2) is 11.4. The zero-order valence-corrected chi connectivity index (χ0v) is 21.3. The number of hydrogen-bond acceptors (Lipinski definition) is 8. The third-order valence-electron chi connectivity index (χ3n) is 7.17. The molecule has 1 aliphatic carbocycles. The quantitative estimate of drug-likeness (QED) is 0.586. The van der Waals surface area contributed by atoms with Crippen molar-refractivity contribution in [3.63, 3.8) is 0 Å². The van der Waals surface area contributed by atoms with Crippen LogP contribution in [0.2, 0.25) is 0 Å². The van der Waals surface area contributed by atoms with E-state index in [1.165, 1.54) is 6.20 Å². The number of pyridine rings is 1. The number of carbonyl (C=O) groups excluding carboxylic acids is 2. The Hall–Kier alpha value is -4.31. The molecule has 208 valence electrons. The minimum absolute atomic E-state index is 0.0769. The van der Waals surface area contributed by atoms with Crippen molar-refractivity contribution in [1.29, 1.82) is 5.26 Å². The van der Waals surface area contributed by atoms with Gasteiger partial charge in [-0.15, -0.1) is 0 Å². The normalized spacial score (nSPS) is 23.6. The van der Waals surface area contributed by atoms with Crippen LogP contribution in [0.3, 0.4) is 0 Å². The fraction of sp³-hybridized carbons (Fsp3) is 0.407. The number of rotatable bonds is 6. The Kier molecular flexibility index (Phi) is 7.79. The molecular formula is C27H26F3N7O3. The number of aliphatic imine (C=N–C) groups is 1. The van der Waals surface area contributed by atoms with Crippen LogP contribution in [0.5, 0.6) is 0 Å². The minimum atomic E-state index is -4.82. The number of nitrogens with one attached hydrogen (secondary N) is 1. The maximum atomic E-state index is 13.6. The third-order valence-corrected chi connectivity index (χ3v) is 7.17. The maximum Gasteiger partial charge on any atom is 0.406 e. The molecule has 3 atom stereocenters. The van der Waals surface area contributed by atoms with Gasteiger partial charge in [0.05, 0.1) is 36.6 Å². The molecule has 0 bridgehead atoms. The highest BCUT2D eigenvalue weighted by Crippen LogP contribution is 2.38. The van der Waals surface area contributed by atoms with E-state index in [1.54, 1.807) is 29.2 Å². The van der Waals surface area contributed by atoms with E-state index in [9.17, 15) is 22.8 Å². The molecule has 0 radical (unpaired) electrons. The molecule has 1 N–H and O–H groups in total. The first-order valence-corrected chi connectivity index (χ1v) is 12.8. The van der Waals surface area contributed by atoms with Crippen LogP contribution in [0, 0.1) is 17.2 Å². The SMILES string of the molecule is N#Cc1ccc(N2CCN(C(=O)CCO[C@H]3Cc4ccccc4[C@@H]3N=C3C=NNC(=O)C3C(F)(F)F)CC2)nc1. The van der Waals surface area contributed by atoms with Crippen molar-refractivity contribution < 1.29 is 27.5 Å². The van der Waals surface area contributed by atoms with Crippen molar-refractivity contribution in [1.82, 2.24) is 15.3 Å². The summed E-state index contributed by atoms with van der Waals surface area (Å²) >= 11 is 0. The molecule has 1 saturated heterocycles. The number of benzene rings is 1. The van der Waals surface area contributed by atoms with Gasteiger partial charge in [0.2, 0.25) is 5.91 Å². The van der Waals surface area contributed by atoms with Crippen LogP contribution < -0.4 is 10.3 Å². The molecule has 3 heterocycles. The lowest BCUT2D eigenvalue weighted by molar-refractivity contribution is -0.168. The average molecular weight is 554 g/mol. The van der Waals surface area contributed by atoms with Crippen molar-refractivity contribution in [2.45, 2.75) is 31.2 Å². The molecule has 0 spiro atoms. The summed E-state index contributed by atoms with van der Waals surface area (Å²) in [7, 11) is 0. The molecule has 1 unspecified atom stereocenters. The molecule has 1 aromatic heterocycles. The Balaban J connectivity index is 1.20. The number of nitriles is 1.